The molecule has 10 heteroatoms. The maximum Gasteiger partial charge on any atom is 0.292 e. The molecule has 0 radical (unpaired) electrons. The minimum atomic E-state index is -0.525. The van der Waals surface area contributed by atoms with E-state index in [-0.39, 0.29) is 23.0 Å². The van der Waals surface area contributed by atoms with Crippen LogP contribution < -0.4 is 10.2 Å². The smallest absolute Gasteiger partial charge is 0.292 e. The van der Waals surface area contributed by atoms with Crippen LogP contribution in [0, 0.1) is 10.1 Å². The van der Waals surface area contributed by atoms with E-state index in [9.17, 15) is 14.9 Å². The summed E-state index contributed by atoms with van der Waals surface area (Å²) >= 11 is 1.22. The monoisotopic (exact) mass is 440 g/mol. The molecule has 0 aliphatic carbocycles. The Bertz CT molecular complexity index is 1060. The minimum absolute atomic E-state index is 0.0545. The highest BCUT2D eigenvalue weighted by Crippen LogP contribution is 2.26. The second-order valence-corrected chi connectivity index (χ2v) is 7.64. The highest BCUT2D eigenvalue weighted by molar-refractivity contribution is 7.99. The fourth-order valence-corrected chi connectivity index (χ4v) is 3.87. The van der Waals surface area contributed by atoms with Gasteiger partial charge in [0.1, 0.15) is 5.69 Å². The molecule has 31 heavy (non-hydrogen) atoms. The predicted octanol–water partition coefficient (Wildman–Crippen LogP) is 3.97. The Hall–Kier alpha value is -3.40. The number of carbonyl (C=O) groups is 1. The molecule has 0 saturated carbocycles. The Balaban J connectivity index is 1.66. The number of nitro groups is 1. The van der Waals surface area contributed by atoms with Crippen molar-refractivity contribution in [1.29, 1.82) is 0 Å². The second kappa shape index (κ2) is 10.1. The molecule has 0 atom stereocenters. The van der Waals surface area contributed by atoms with E-state index in [2.05, 4.69) is 46.4 Å². The van der Waals surface area contributed by atoms with Gasteiger partial charge in [-0.25, -0.2) is 0 Å². The lowest BCUT2D eigenvalue weighted by molar-refractivity contribution is -0.383. The van der Waals surface area contributed by atoms with Crippen molar-refractivity contribution >= 4 is 34.7 Å². The van der Waals surface area contributed by atoms with E-state index in [1.165, 1.54) is 23.9 Å². The number of benzene rings is 2. The molecule has 0 aliphatic rings. The van der Waals surface area contributed by atoms with Crippen LogP contribution in [0.25, 0.3) is 11.4 Å². The van der Waals surface area contributed by atoms with Crippen molar-refractivity contribution in [3.05, 3.63) is 58.6 Å². The Morgan fingerprint density at radius 2 is 1.81 bits per heavy atom. The van der Waals surface area contributed by atoms with Gasteiger partial charge in [0.25, 0.3) is 5.69 Å². The summed E-state index contributed by atoms with van der Waals surface area (Å²) in [6, 6.07) is 14.2. The number of nitrogens with zero attached hydrogens (tertiary/aromatic N) is 5. The summed E-state index contributed by atoms with van der Waals surface area (Å²) in [5.74, 6) is 0.402. The molecule has 1 aromatic heterocycles. The molecule has 0 aliphatic heterocycles. The lowest BCUT2D eigenvalue weighted by Gasteiger charge is -2.21. The third-order valence-corrected chi connectivity index (χ3v) is 5.82. The molecule has 9 nitrogen and oxygen atoms in total. The summed E-state index contributed by atoms with van der Waals surface area (Å²) in [6.45, 7) is 6.12. The van der Waals surface area contributed by atoms with Gasteiger partial charge in [-0.2, -0.15) is 0 Å². The lowest BCUT2D eigenvalue weighted by Crippen LogP contribution is -2.21. The van der Waals surface area contributed by atoms with E-state index >= 15 is 0 Å². The summed E-state index contributed by atoms with van der Waals surface area (Å²) in [6.07, 6.45) is 0. The molecule has 3 aromatic rings. The Labute approximate surface area is 184 Å². The number of aromatic nitrogens is 3. The summed E-state index contributed by atoms with van der Waals surface area (Å²) in [7, 11) is 1.84. The highest BCUT2D eigenvalue weighted by Gasteiger charge is 2.17. The van der Waals surface area contributed by atoms with Crippen molar-refractivity contribution in [2.75, 3.05) is 29.1 Å². The zero-order valence-electron chi connectivity index (χ0n) is 17.6. The molecule has 0 bridgehead atoms. The van der Waals surface area contributed by atoms with E-state index in [0.717, 1.165) is 24.3 Å². The number of nitrogens with one attached hydrogen (secondary N) is 1. The van der Waals surface area contributed by atoms with Crippen LogP contribution in [0.15, 0.2) is 53.7 Å². The van der Waals surface area contributed by atoms with Crippen molar-refractivity contribution in [1.82, 2.24) is 14.8 Å². The zero-order valence-corrected chi connectivity index (χ0v) is 18.4. The maximum absolute atomic E-state index is 12.3. The van der Waals surface area contributed by atoms with Gasteiger partial charge in [0.2, 0.25) is 5.91 Å². The van der Waals surface area contributed by atoms with Crippen LogP contribution in [0.4, 0.5) is 17.1 Å². The number of para-hydroxylation sites is 2. The molecule has 0 spiro atoms. The van der Waals surface area contributed by atoms with Gasteiger partial charge in [-0.15, -0.1) is 10.2 Å². The standard InChI is InChI=1S/C21H24N6O3S/c1-4-26(5-2)16-12-10-15(11-13-16)20-23-24-21(25(20)3)31-14-19(28)22-17-8-6-7-9-18(17)27(29)30/h6-13H,4-5,14H2,1-3H3,(H,22,28). The van der Waals surface area contributed by atoms with Crippen molar-refractivity contribution in [3.63, 3.8) is 0 Å². The van der Waals surface area contributed by atoms with Gasteiger partial charge in [0.15, 0.2) is 11.0 Å². The van der Waals surface area contributed by atoms with Gasteiger partial charge in [-0.1, -0.05) is 23.9 Å². The van der Waals surface area contributed by atoms with Crippen LogP contribution in [0.3, 0.4) is 0 Å². The molecule has 0 fully saturated rings. The number of amides is 1. The Morgan fingerprint density at radius 1 is 1.13 bits per heavy atom. The molecule has 2 aromatic carbocycles. The first kappa shape index (κ1) is 22.3. The van der Waals surface area contributed by atoms with E-state index in [4.69, 9.17) is 0 Å². The number of hydrogen-bond donors (Lipinski definition) is 1. The first-order valence-electron chi connectivity index (χ1n) is 9.85. The third-order valence-electron chi connectivity index (χ3n) is 4.80. The highest BCUT2D eigenvalue weighted by atomic mass is 32.2. The van der Waals surface area contributed by atoms with Crippen LogP contribution in [0.1, 0.15) is 13.8 Å². The van der Waals surface area contributed by atoms with Crippen molar-refractivity contribution < 1.29 is 9.72 Å². The van der Waals surface area contributed by atoms with Gasteiger partial charge < -0.3 is 14.8 Å². The largest absolute Gasteiger partial charge is 0.372 e. The van der Waals surface area contributed by atoms with Crippen molar-refractivity contribution in [2.45, 2.75) is 19.0 Å². The summed E-state index contributed by atoms with van der Waals surface area (Å²) in [4.78, 5) is 25.1. The minimum Gasteiger partial charge on any atom is -0.372 e. The van der Waals surface area contributed by atoms with E-state index in [1.54, 1.807) is 12.1 Å². The van der Waals surface area contributed by atoms with Crippen LogP contribution in [0.5, 0.6) is 0 Å². The number of carbonyl (C=O) groups excluding carboxylic acids is 1. The van der Waals surface area contributed by atoms with Crippen LogP contribution in [-0.4, -0.2) is 44.4 Å². The molecule has 162 valence electrons. The second-order valence-electron chi connectivity index (χ2n) is 6.70. The maximum atomic E-state index is 12.3. The first-order valence-corrected chi connectivity index (χ1v) is 10.8. The molecule has 0 saturated heterocycles. The van der Waals surface area contributed by atoms with E-state index in [1.807, 2.05) is 23.7 Å². The molecular weight excluding hydrogens is 416 g/mol. The first-order chi connectivity index (χ1) is 14.9. The number of rotatable bonds is 9. The summed E-state index contributed by atoms with van der Waals surface area (Å²) in [5.41, 5.74) is 2.11. The molecule has 1 heterocycles. The Kier molecular flexibility index (Phi) is 7.24. The SMILES string of the molecule is CCN(CC)c1ccc(-c2nnc(SCC(=O)Nc3ccccc3[N+](=O)[O-])n2C)cc1. The van der Waals surface area contributed by atoms with Crippen LogP contribution in [0.2, 0.25) is 0 Å². The lowest BCUT2D eigenvalue weighted by atomic mass is 10.2. The number of thioether (sulfide) groups is 1. The average molecular weight is 441 g/mol. The molecule has 3 rings (SSSR count). The number of hydrogen-bond acceptors (Lipinski definition) is 7. The molecule has 1 amide bonds. The zero-order chi connectivity index (χ0) is 22.4. The van der Waals surface area contributed by atoms with E-state index < -0.39 is 4.92 Å². The van der Waals surface area contributed by atoms with Gasteiger partial charge in [0, 0.05) is 37.5 Å². The average Bonchev–Trinajstić information content (AvgIpc) is 3.14. The van der Waals surface area contributed by atoms with Gasteiger partial charge in [-0.3, -0.25) is 14.9 Å². The molecular formula is C21H24N6O3S. The quantitative estimate of drug-likeness (QED) is 0.305. The number of anilines is 2. The third kappa shape index (κ3) is 5.21. The molecule has 0 unspecified atom stereocenters. The molecule has 1 N–H and O–H groups in total. The fourth-order valence-electron chi connectivity index (χ4n) is 3.16. The van der Waals surface area contributed by atoms with E-state index in [0.29, 0.717) is 11.0 Å². The predicted molar refractivity (Wildman–Crippen MR) is 122 cm³/mol. The van der Waals surface area contributed by atoms with Gasteiger partial charge in [0.05, 0.1) is 10.7 Å². The normalized spacial score (nSPS) is 10.7. The van der Waals surface area contributed by atoms with Gasteiger partial charge in [-0.05, 0) is 44.2 Å². The van der Waals surface area contributed by atoms with Crippen molar-refractivity contribution in [3.8, 4) is 11.4 Å². The fraction of sp³-hybridized carbons (Fsp3) is 0.286. The summed E-state index contributed by atoms with van der Waals surface area (Å²) in [5, 5.41) is 22.7. The van der Waals surface area contributed by atoms with Crippen LogP contribution in [-0.2, 0) is 11.8 Å². The number of nitro benzene ring substituents is 1. The van der Waals surface area contributed by atoms with Crippen LogP contribution >= 0.6 is 11.8 Å². The van der Waals surface area contributed by atoms with Crippen molar-refractivity contribution in [2.24, 2.45) is 7.05 Å². The summed E-state index contributed by atoms with van der Waals surface area (Å²) < 4.78 is 1.83. The van der Waals surface area contributed by atoms with Gasteiger partial charge >= 0.3 is 0 Å². The topological polar surface area (TPSA) is 106 Å². The Morgan fingerprint density at radius 3 is 2.45 bits per heavy atom.